The van der Waals surface area contributed by atoms with Crippen LogP contribution in [0.2, 0.25) is 0 Å². The van der Waals surface area contributed by atoms with E-state index >= 15 is 0 Å². The van der Waals surface area contributed by atoms with Gasteiger partial charge in [0, 0.05) is 18.1 Å². The summed E-state index contributed by atoms with van der Waals surface area (Å²) >= 11 is 3.57. The van der Waals surface area contributed by atoms with Gasteiger partial charge in [0.1, 0.15) is 0 Å². The highest BCUT2D eigenvalue weighted by Gasteiger charge is 2.11. The maximum absolute atomic E-state index is 4.98. The average Bonchev–Trinajstić information content (AvgIpc) is 2.86. The smallest absolute Gasteiger partial charge is 0.170 e. The number of aromatic nitrogens is 4. The molecule has 1 aromatic carbocycles. The Labute approximate surface area is 120 Å². The predicted molar refractivity (Wildman–Crippen MR) is 75.2 cm³/mol. The summed E-state index contributed by atoms with van der Waals surface area (Å²) in [5.74, 6) is 0.766. The number of hydrogen-bond donors (Lipinski definition) is 1. The van der Waals surface area contributed by atoms with Crippen LogP contribution in [-0.4, -0.2) is 40.5 Å². The summed E-state index contributed by atoms with van der Waals surface area (Å²) in [4.78, 5) is 0. The molecule has 0 unspecified atom stereocenters. The Balaban J connectivity index is 2.17. The first-order chi connectivity index (χ1) is 9.24. The summed E-state index contributed by atoms with van der Waals surface area (Å²) < 4.78 is 7.72. The van der Waals surface area contributed by atoms with E-state index in [1.165, 1.54) is 0 Å². The number of nitrogens with zero attached hydrogens (tertiary/aromatic N) is 4. The van der Waals surface area contributed by atoms with Gasteiger partial charge in [0.05, 0.1) is 18.8 Å². The van der Waals surface area contributed by atoms with Crippen LogP contribution in [0.4, 0.5) is 0 Å². The quantitative estimate of drug-likeness (QED) is 0.815. The highest BCUT2D eigenvalue weighted by Crippen LogP contribution is 2.24. The van der Waals surface area contributed by atoms with E-state index in [4.69, 9.17) is 4.74 Å². The van der Waals surface area contributed by atoms with E-state index in [0.29, 0.717) is 13.2 Å². The van der Waals surface area contributed by atoms with Crippen LogP contribution in [0, 0.1) is 6.92 Å². The molecule has 0 aliphatic heterocycles. The SMILES string of the molecule is COCCNCc1nnnn1-c1cccc(C)c1Br. The summed E-state index contributed by atoms with van der Waals surface area (Å²) in [6, 6.07) is 6.00. The molecule has 0 fully saturated rings. The molecule has 0 amide bonds. The molecule has 0 saturated carbocycles. The lowest BCUT2D eigenvalue weighted by Gasteiger charge is -2.09. The second-order valence-electron chi connectivity index (χ2n) is 4.08. The minimum Gasteiger partial charge on any atom is -0.383 e. The number of ether oxygens (including phenoxy) is 1. The van der Waals surface area contributed by atoms with Crippen molar-refractivity contribution in [3.05, 3.63) is 34.1 Å². The third-order valence-electron chi connectivity index (χ3n) is 2.70. The standard InChI is InChI=1S/C12H16BrN5O/c1-9-4-3-5-10(12(9)13)18-11(15-16-17-18)8-14-6-7-19-2/h3-5,14H,6-8H2,1-2H3. The van der Waals surface area contributed by atoms with Crippen molar-refractivity contribution in [2.24, 2.45) is 0 Å². The molecule has 102 valence electrons. The molecule has 2 rings (SSSR count). The maximum Gasteiger partial charge on any atom is 0.170 e. The van der Waals surface area contributed by atoms with Gasteiger partial charge in [-0.15, -0.1) is 5.10 Å². The molecule has 0 aliphatic carbocycles. The largest absolute Gasteiger partial charge is 0.383 e. The van der Waals surface area contributed by atoms with Crippen molar-refractivity contribution in [3.63, 3.8) is 0 Å². The lowest BCUT2D eigenvalue weighted by molar-refractivity contribution is 0.199. The van der Waals surface area contributed by atoms with Gasteiger partial charge >= 0.3 is 0 Å². The van der Waals surface area contributed by atoms with Crippen molar-refractivity contribution in [2.75, 3.05) is 20.3 Å². The van der Waals surface area contributed by atoms with Crippen molar-refractivity contribution >= 4 is 15.9 Å². The number of hydrogen-bond acceptors (Lipinski definition) is 5. The Kier molecular flexibility index (Phi) is 5.00. The van der Waals surface area contributed by atoms with Gasteiger partial charge in [-0.3, -0.25) is 0 Å². The van der Waals surface area contributed by atoms with Gasteiger partial charge in [0.25, 0.3) is 0 Å². The van der Waals surface area contributed by atoms with Crippen molar-refractivity contribution in [1.29, 1.82) is 0 Å². The summed E-state index contributed by atoms with van der Waals surface area (Å²) in [7, 11) is 1.68. The molecule has 19 heavy (non-hydrogen) atoms. The maximum atomic E-state index is 4.98. The Morgan fingerprint density at radius 3 is 3.05 bits per heavy atom. The molecule has 2 aromatic rings. The van der Waals surface area contributed by atoms with Gasteiger partial charge in [-0.25, -0.2) is 0 Å². The van der Waals surface area contributed by atoms with E-state index in [-0.39, 0.29) is 0 Å². The molecular formula is C12H16BrN5O. The Hall–Kier alpha value is -1.31. The summed E-state index contributed by atoms with van der Waals surface area (Å²) in [6.07, 6.45) is 0. The van der Waals surface area contributed by atoms with Gasteiger partial charge in [-0.05, 0) is 44.9 Å². The van der Waals surface area contributed by atoms with Crippen molar-refractivity contribution in [1.82, 2.24) is 25.5 Å². The number of aryl methyl sites for hydroxylation is 1. The fourth-order valence-corrected chi connectivity index (χ4v) is 2.11. The van der Waals surface area contributed by atoms with Crippen LogP contribution in [0.5, 0.6) is 0 Å². The van der Waals surface area contributed by atoms with Crippen LogP contribution in [-0.2, 0) is 11.3 Å². The molecule has 0 spiro atoms. The van der Waals surface area contributed by atoms with Crippen molar-refractivity contribution in [2.45, 2.75) is 13.5 Å². The molecule has 1 heterocycles. The van der Waals surface area contributed by atoms with E-state index < -0.39 is 0 Å². The third-order valence-corrected chi connectivity index (χ3v) is 3.73. The molecule has 0 atom stereocenters. The number of rotatable bonds is 6. The van der Waals surface area contributed by atoms with Crippen molar-refractivity contribution in [3.8, 4) is 5.69 Å². The summed E-state index contributed by atoms with van der Waals surface area (Å²) in [5, 5.41) is 15.0. The highest BCUT2D eigenvalue weighted by atomic mass is 79.9. The molecule has 1 aromatic heterocycles. The van der Waals surface area contributed by atoms with Crippen LogP contribution < -0.4 is 5.32 Å². The number of benzene rings is 1. The Bertz CT molecular complexity index is 543. The van der Waals surface area contributed by atoms with Crippen LogP contribution in [0.3, 0.4) is 0 Å². The van der Waals surface area contributed by atoms with Crippen LogP contribution in [0.15, 0.2) is 22.7 Å². The summed E-state index contributed by atoms with van der Waals surface area (Å²) in [6.45, 7) is 4.05. The van der Waals surface area contributed by atoms with E-state index in [1.54, 1.807) is 11.8 Å². The monoisotopic (exact) mass is 325 g/mol. The zero-order valence-electron chi connectivity index (χ0n) is 10.9. The molecule has 0 radical (unpaired) electrons. The topological polar surface area (TPSA) is 64.9 Å². The number of halogens is 1. The van der Waals surface area contributed by atoms with E-state index in [2.05, 4.69) is 36.8 Å². The Morgan fingerprint density at radius 2 is 2.26 bits per heavy atom. The first-order valence-electron chi connectivity index (χ1n) is 5.96. The minimum absolute atomic E-state index is 0.594. The molecule has 7 heteroatoms. The Morgan fingerprint density at radius 1 is 1.42 bits per heavy atom. The van der Waals surface area contributed by atoms with E-state index in [9.17, 15) is 0 Å². The van der Waals surface area contributed by atoms with Gasteiger partial charge in [0.15, 0.2) is 5.82 Å². The van der Waals surface area contributed by atoms with Gasteiger partial charge in [0.2, 0.25) is 0 Å². The first kappa shape index (κ1) is 14.1. The zero-order valence-corrected chi connectivity index (χ0v) is 12.5. The fraction of sp³-hybridized carbons (Fsp3) is 0.417. The minimum atomic E-state index is 0.594. The predicted octanol–water partition coefficient (Wildman–Crippen LogP) is 1.47. The highest BCUT2D eigenvalue weighted by molar-refractivity contribution is 9.10. The van der Waals surface area contributed by atoms with Crippen LogP contribution >= 0.6 is 15.9 Å². The lowest BCUT2D eigenvalue weighted by Crippen LogP contribution is -2.21. The summed E-state index contributed by atoms with van der Waals surface area (Å²) in [5.41, 5.74) is 2.08. The first-order valence-corrected chi connectivity index (χ1v) is 6.75. The van der Waals surface area contributed by atoms with E-state index in [1.807, 2.05) is 25.1 Å². The molecule has 0 aliphatic rings. The average molecular weight is 326 g/mol. The van der Waals surface area contributed by atoms with E-state index in [0.717, 1.165) is 28.1 Å². The molecule has 1 N–H and O–H groups in total. The number of methoxy groups -OCH3 is 1. The molecule has 6 nitrogen and oxygen atoms in total. The van der Waals surface area contributed by atoms with Crippen molar-refractivity contribution < 1.29 is 4.74 Å². The zero-order chi connectivity index (χ0) is 13.7. The second-order valence-corrected chi connectivity index (χ2v) is 4.88. The number of nitrogens with one attached hydrogen (secondary N) is 1. The molecular weight excluding hydrogens is 310 g/mol. The molecule has 0 bridgehead atoms. The number of tetrazole rings is 1. The second kappa shape index (κ2) is 6.74. The molecule has 0 saturated heterocycles. The van der Waals surface area contributed by atoms with Crippen LogP contribution in [0.25, 0.3) is 5.69 Å². The fourth-order valence-electron chi connectivity index (χ4n) is 1.67. The van der Waals surface area contributed by atoms with Gasteiger partial charge in [-0.1, -0.05) is 12.1 Å². The van der Waals surface area contributed by atoms with Crippen LogP contribution in [0.1, 0.15) is 11.4 Å². The lowest BCUT2D eigenvalue weighted by atomic mass is 10.2. The normalized spacial score (nSPS) is 10.9. The van der Waals surface area contributed by atoms with Gasteiger partial charge < -0.3 is 10.1 Å². The van der Waals surface area contributed by atoms with Gasteiger partial charge in [-0.2, -0.15) is 4.68 Å². The third kappa shape index (κ3) is 3.37.